The molecular formula is C14H17NO3S. The lowest BCUT2D eigenvalue weighted by molar-refractivity contribution is -0.131. The summed E-state index contributed by atoms with van der Waals surface area (Å²) >= 11 is 1.37. The molecule has 102 valence electrons. The molecule has 2 heterocycles. The van der Waals surface area contributed by atoms with Gasteiger partial charge in [0.05, 0.1) is 4.88 Å². The minimum atomic E-state index is -1.00. The number of carboxylic acids is 1. The Hall–Kier alpha value is -1.62. The Bertz CT molecular complexity index is 485. The Kier molecular flexibility index (Phi) is 4.74. The Morgan fingerprint density at radius 1 is 1.21 bits per heavy atom. The van der Waals surface area contributed by atoms with E-state index >= 15 is 0 Å². The fourth-order valence-electron chi connectivity index (χ4n) is 2.20. The van der Waals surface area contributed by atoms with Crippen molar-refractivity contribution in [3.63, 3.8) is 0 Å². The molecule has 1 aromatic rings. The largest absolute Gasteiger partial charge is 0.478 e. The summed E-state index contributed by atoms with van der Waals surface area (Å²) in [6, 6.07) is 1.79. The van der Waals surface area contributed by atoms with Gasteiger partial charge in [0, 0.05) is 19.2 Å². The molecule has 1 aromatic heterocycles. The number of amides is 1. The lowest BCUT2D eigenvalue weighted by atomic mass is 10.2. The van der Waals surface area contributed by atoms with Crippen LogP contribution in [0.25, 0.3) is 6.08 Å². The van der Waals surface area contributed by atoms with E-state index in [9.17, 15) is 9.59 Å². The number of rotatable bonds is 3. The Balaban J connectivity index is 2.14. The van der Waals surface area contributed by atoms with E-state index in [1.807, 2.05) is 10.3 Å². The van der Waals surface area contributed by atoms with Crippen molar-refractivity contribution < 1.29 is 14.7 Å². The van der Waals surface area contributed by atoms with Crippen LogP contribution in [0.2, 0.25) is 0 Å². The van der Waals surface area contributed by atoms with E-state index in [1.54, 1.807) is 6.07 Å². The molecule has 0 spiro atoms. The Morgan fingerprint density at radius 2 is 1.89 bits per heavy atom. The van der Waals surface area contributed by atoms with Crippen LogP contribution in [0.4, 0.5) is 0 Å². The van der Waals surface area contributed by atoms with Crippen molar-refractivity contribution in [1.82, 2.24) is 4.90 Å². The van der Waals surface area contributed by atoms with Gasteiger partial charge >= 0.3 is 5.97 Å². The first kappa shape index (κ1) is 13.8. The zero-order valence-electron chi connectivity index (χ0n) is 10.7. The number of aliphatic carboxylic acids is 1. The van der Waals surface area contributed by atoms with E-state index in [1.165, 1.54) is 30.3 Å². The summed E-state index contributed by atoms with van der Waals surface area (Å²) in [5.74, 6) is -0.971. The van der Waals surface area contributed by atoms with Crippen molar-refractivity contribution in [3.8, 4) is 0 Å². The number of hydrogen-bond acceptors (Lipinski definition) is 3. The van der Waals surface area contributed by atoms with Crippen LogP contribution in [0.1, 0.15) is 40.9 Å². The first-order valence-corrected chi connectivity index (χ1v) is 7.34. The highest BCUT2D eigenvalue weighted by Crippen LogP contribution is 2.22. The van der Waals surface area contributed by atoms with E-state index in [0.29, 0.717) is 10.4 Å². The van der Waals surface area contributed by atoms with Gasteiger partial charge in [-0.05, 0) is 35.9 Å². The van der Waals surface area contributed by atoms with Crippen molar-refractivity contribution in [1.29, 1.82) is 0 Å². The predicted molar refractivity (Wildman–Crippen MR) is 75.4 cm³/mol. The molecule has 0 atom stereocenters. The molecule has 0 radical (unpaired) electrons. The third kappa shape index (κ3) is 3.67. The molecule has 0 unspecified atom stereocenters. The highest BCUT2D eigenvalue weighted by molar-refractivity contribution is 7.12. The van der Waals surface area contributed by atoms with Gasteiger partial charge in [-0.3, -0.25) is 4.79 Å². The highest BCUT2D eigenvalue weighted by Gasteiger charge is 2.20. The molecule has 4 nitrogen and oxygen atoms in total. The fraction of sp³-hybridized carbons (Fsp3) is 0.429. The predicted octanol–water partition coefficient (Wildman–Crippen LogP) is 2.86. The first-order chi connectivity index (χ1) is 9.18. The van der Waals surface area contributed by atoms with E-state index in [4.69, 9.17) is 5.11 Å². The Morgan fingerprint density at radius 3 is 2.53 bits per heavy atom. The van der Waals surface area contributed by atoms with Gasteiger partial charge in [-0.15, -0.1) is 11.3 Å². The molecule has 0 saturated carbocycles. The molecule has 1 aliphatic rings. The van der Waals surface area contributed by atoms with Crippen molar-refractivity contribution >= 4 is 29.3 Å². The molecule has 5 heteroatoms. The number of nitrogens with zero attached hydrogens (tertiary/aromatic N) is 1. The first-order valence-electron chi connectivity index (χ1n) is 6.46. The minimum absolute atomic E-state index is 0.0296. The van der Waals surface area contributed by atoms with Crippen LogP contribution in [0.3, 0.4) is 0 Å². The van der Waals surface area contributed by atoms with Gasteiger partial charge in [-0.25, -0.2) is 4.79 Å². The topological polar surface area (TPSA) is 57.6 Å². The molecule has 1 amide bonds. The smallest absolute Gasteiger partial charge is 0.328 e. The van der Waals surface area contributed by atoms with E-state index in [-0.39, 0.29) is 5.91 Å². The Labute approximate surface area is 116 Å². The van der Waals surface area contributed by atoms with E-state index in [0.717, 1.165) is 32.0 Å². The lowest BCUT2D eigenvalue weighted by Gasteiger charge is -2.19. The number of thiophene rings is 1. The summed E-state index contributed by atoms with van der Waals surface area (Å²) in [4.78, 5) is 25.5. The molecular weight excluding hydrogens is 262 g/mol. The molecule has 1 aliphatic heterocycles. The molecule has 19 heavy (non-hydrogen) atoms. The van der Waals surface area contributed by atoms with Crippen LogP contribution in [-0.2, 0) is 4.79 Å². The number of hydrogen-bond donors (Lipinski definition) is 1. The van der Waals surface area contributed by atoms with E-state index < -0.39 is 5.97 Å². The number of carbonyl (C=O) groups excluding carboxylic acids is 1. The van der Waals surface area contributed by atoms with Crippen LogP contribution in [-0.4, -0.2) is 35.0 Å². The normalized spacial score (nSPS) is 16.5. The zero-order chi connectivity index (χ0) is 13.7. The van der Waals surface area contributed by atoms with Crippen LogP contribution < -0.4 is 0 Å². The molecule has 0 bridgehead atoms. The summed E-state index contributed by atoms with van der Waals surface area (Å²) in [6.45, 7) is 1.61. The van der Waals surface area contributed by atoms with E-state index in [2.05, 4.69) is 0 Å². The van der Waals surface area contributed by atoms with Crippen molar-refractivity contribution in [3.05, 3.63) is 28.0 Å². The maximum atomic E-state index is 12.4. The average molecular weight is 279 g/mol. The molecule has 0 aromatic carbocycles. The summed E-state index contributed by atoms with van der Waals surface area (Å²) < 4.78 is 0. The van der Waals surface area contributed by atoms with Gasteiger partial charge in [-0.2, -0.15) is 0 Å². The number of carbonyl (C=O) groups is 2. The van der Waals surface area contributed by atoms with Gasteiger partial charge in [0.15, 0.2) is 0 Å². The van der Waals surface area contributed by atoms with Crippen molar-refractivity contribution in [2.75, 3.05) is 13.1 Å². The maximum Gasteiger partial charge on any atom is 0.328 e. The second-order valence-corrected chi connectivity index (χ2v) is 5.50. The zero-order valence-corrected chi connectivity index (χ0v) is 11.5. The second-order valence-electron chi connectivity index (χ2n) is 4.58. The third-order valence-corrected chi connectivity index (χ3v) is 4.11. The van der Waals surface area contributed by atoms with Gasteiger partial charge in [0.25, 0.3) is 5.91 Å². The van der Waals surface area contributed by atoms with Crippen LogP contribution >= 0.6 is 11.3 Å². The van der Waals surface area contributed by atoms with Crippen molar-refractivity contribution in [2.24, 2.45) is 0 Å². The minimum Gasteiger partial charge on any atom is -0.478 e. The van der Waals surface area contributed by atoms with Crippen LogP contribution in [0, 0.1) is 0 Å². The quantitative estimate of drug-likeness (QED) is 0.866. The third-order valence-electron chi connectivity index (χ3n) is 3.19. The maximum absolute atomic E-state index is 12.4. The number of likely N-dealkylation sites (tertiary alicyclic amines) is 1. The standard InChI is InChI=1S/C14H17NO3S/c16-12(17)6-5-11-7-10-19-13(11)14(18)15-8-3-1-2-4-9-15/h5-7,10H,1-4,8-9H2,(H,16,17). The van der Waals surface area contributed by atoms with Gasteiger partial charge in [0.1, 0.15) is 0 Å². The highest BCUT2D eigenvalue weighted by atomic mass is 32.1. The fourth-order valence-corrected chi connectivity index (χ4v) is 3.06. The molecule has 1 fully saturated rings. The monoisotopic (exact) mass is 279 g/mol. The molecule has 2 rings (SSSR count). The summed E-state index contributed by atoms with van der Waals surface area (Å²) in [7, 11) is 0. The summed E-state index contributed by atoms with van der Waals surface area (Å²) in [6.07, 6.45) is 7.03. The van der Waals surface area contributed by atoms with Crippen LogP contribution in [0.15, 0.2) is 17.5 Å². The molecule has 0 aliphatic carbocycles. The number of carboxylic acid groups (broad SMARTS) is 1. The van der Waals surface area contributed by atoms with Gasteiger partial charge in [0.2, 0.25) is 0 Å². The average Bonchev–Trinajstić information content (AvgIpc) is 2.68. The van der Waals surface area contributed by atoms with Gasteiger partial charge in [-0.1, -0.05) is 12.8 Å². The van der Waals surface area contributed by atoms with Gasteiger partial charge < -0.3 is 10.0 Å². The summed E-state index contributed by atoms with van der Waals surface area (Å²) in [5, 5.41) is 10.5. The lowest BCUT2D eigenvalue weighted by Crippen LogP contribution is -2.31. The molecule has 1 N–H and O–H groups in total. The van der Waals surface area contributed by atoms with Crippen LogP contribution in [0.5, 0.6) is 0 Å². The second kappa shape index (κ2) is 6.52. The summed E-state index contributed by atoms with van der Waals surface area (Å²) in [5.41, 5.74) is 0.696. The molecule has 1 saturated heterocycles. The SMILES string of the molecule is O=C(O)C=Cc1ccsc1C(=O)N1CCCCCC1. The van der Waals surface area contributed by atoms with Crippen molar-refractivity contribution in [2.45, 2.75) is 25.7 Å².